The third-order valence-electron chi connectivity index (χ3n) is 5.87. The largest absolute Gasteiger partial charge is 0.383 e. The van der Waals surface area contributed by atoms with Crippen molar-refractivity contribution < 1.29 is 10.0 Å². The number of anilines is 1. The molecule has 3 aromatic heterocycles. The highest BCUT2D eigenvalue weighted by molar-refractivity contribution is 6.07. The number of rotatable bonds is 4. The van der Waals surface area contributed by atoms with Crippen molar-refractivity contribution >= 4 is 33.5 Å². The number of fused-ring (bicyclic) bond motifs is 2. The van der Waals surface area contributed by atoms with Crippen molar-refractivity contribution in [2.75, 3.05) is 5.73 Å². The lowest BCUT2D eigenvalue weighted by Crippen LogP contribution is -2.25. The number of hydroxylamine groups is 1. The number of carbonyl (C=O) groups excluding carboxylic acids is 1. The van der Waals surface area contributed by atoms with Crippen LogP contribution >= 0.6 is 0 Å². The zero-order chi connectivity index (χ0) is 24.0. The van der Waals surface area contributed by atoms with E-state index in [1.807, 2.05) is 62.4 Å². The van der Waals surface area contributed by atoms with E-state index in [1.54, 1.807) is 10.0 Å². The summed E-state index contributed by atoms with van der Waals surface area (Å²) in [5.41, 5.74) is 10.8. The maximum Gasteiger partial charge on any atom is 0.295 e. The predicted octanol–water partition coefficient (Wildman–Crippen LogP) is 2.50. The van der Waals surface area contributed by atoms with Gasteiger partial charge in [0.25, 0.3) is 11.5 Å². The topological polar surface area (TPSA) is 141 Å². The molecule has 0 atom stereocenters. The molecule has 0 saturated carbocycles. The van der Waals surface area contributed by atoms with Crippen molar-refractivity contribution in [1.29, 1.82) is 0 Å². The van der Waals surface area contributed by atoms with Crippen LogP contribution < -0.4 is 16.8 Å². The number of pyridine rings is 1. The highest BCUT2D eigenvalue weighted by Crippen LogP contribution is 2.25. The van der Waals surface area contributed by atoms with Crippen LogP contribution in [0.3, 0.4) is 0 Å². The van der Waals surface area contributed by atoms with Crippen molar-refractivity contribution in [1.82, 2.24) is 29.8 Å². The van der Waals surface area contributed by atoms with Gasteiger partial charge in [-0.05, 0) is 42.5 Å². The summed E-state index contributed by atoms with van der Waals surface area (Å²) in [4.78, 5) is 34.2. The van der Waals surface area contributed by atoms with Crippen molar-refractivity contribution in [2.45, 2.75) is 20.4 Å². The van der Waals surface area contributed by atoms with Crippen LogP contribution in [0.4, 0.5) is 5.82 Å². The lowest BCUT2D eigenvalue weighted by Gasteiger charge is -2.17. The van der Waals surface area contributed by atoms with E-state index in [0.717, 1.165) is 22.2 Å². The van der Waals surface area contributed by atoms with Crippen LogP contribution in [0.15, 0.2) is 59.7 Å². The average Bonchev–Trinajstić information content (AvgIpc) is 3.19. The molecule has 170 valence electrons. The van der Waals surface area contributed by atoms with Crippen molar-refractivity contribution in [2.24, 2.45) is 0 Å². The van der Waals surface area contributed by atoms with Crippen LogP contribution in [0.1, 0.15) is 27.3 Å². The molecule has 10 nitrogen and oxygen atoms in total. The van der Waals surface area contributed by atoms with Gasteiger partial charge in [-0.1, -0.05) is 36.4 Å². The molecular formula is C24H21N7O3. The van der Waals surface area contributed by atoms with E-state index in [1.165, 1.54) is 11.0 Å². The molecule has 0 spiro atoms. The van der Waals surface area contributed by atoms with Gasteiger partial charge in [-0.25, -0.2) is 20.1 Å². The molecule has 0 aliphatic rings. The Kier molecular flexibility index (Phi) is 5.06. The van der Waals surface area contributed by atoms with Gasteiger partial charge in [0.05, 0.1) is 23.0 Å². The van der Waals surface area contributed by atoms with Crippen LogP contribution in [0.25, 0.3) is 27.5 Å². The lowest BCUT2D eigenvalue weighted by atomic mass is 10.1. The molecule has 4 N–H and O–H groups in total. The van der Waals surface area contributed by atoms with E-state index in [-0.39, 0.29) is 29.0 Å². The van der Waals surface area contributed by atoms with E-state index in [0.29, 0.717) is 16.7 Å². The number of hydrogen-bond donors (Lipinski definition) is 3. The fourth-order valence-corrected chi connectivity index (χ4v) is 4.29. The Labute approximate surface area is 193 Å². The monoisotopic (exact) mass is 455 g/mol. The third kappa shape index (κ3) is 3.28. The van der Waals surface area contributed by atoms with Gasteiger partial charge in [0.1, 0.15) is 12.1 Å². The van der Waals surface area contributed by atoms with Gasteiger partial charge in [-0.3, -0.25) is 19.4 Å². The standard InChI is InChI=1S/C24H21N7O3/c1-13-6-3-4-9-17(13)31-16(10-15-8-5-7-14(2)18(15)24(31)33)11-30-22-19(21(25)26-12-27-22)20(28-30)23(32)29-34/h3-10,12,34H,11H2,1-2H3,(H,29,32)(H2,25,26,27). The smallest absolute Gasteiger partial charge is 0.295 e. The molecule has 0 fully saturated rings. The molecule has 10 heteroatoms. The van der Waals surface area contributed by atoms with E-state index in [2.05, 4.69) is 15.1 Å². The number of aromatic nitrogens is 5. The summed E-state index contributed by atoms with van der Waals surface area (Å²) in [6.07, 6.45) is 1.27. The Bertz CT molecular complexity index is 1650. The second kappa shape index (κ2) is 8.09. The molecule has 3 heterocycles. The number of aryl methyl sites for hydroxylation is 2. The summed E-state index contributed by atoms with van der Waals surface area (Å²) in [6.45, 7) is 3.96. The van der Waals surface area contributed by atoms with Crippen LogP contribution in [0.2, 0.25) is 0 Å². The Morgan fingerprint density at radius 3 is 2.59 bits per heavy atom. The zero-order valence-electron chi connectivity index (χ0n) is 18.5. The van der Waals surface area contributed by atoms with Gasteiger partial charge >= 0.3 is 0 Å². The first-order chi connectivity index (χ1) is 16.4. The molecule has 0 saturated heterocycles. The van der Waals surface area contributed by atoms with Gasteiger partial charge in [0, 0.05) is 5.69 Å². The number of nitrogens with two attached hydrogens (primary N) is 1. The summed E-state index contributed by atoms with van der Waals surface area (Å²) >= 11 is 0. The molecule has 5 aromatic rings. The number of para-hydroxylation sites is 1. The highest BCUT2D eigenvalue weighted by Gasteiger charge is 2.22. The summed E-state index contributed by atoms with van der Waals surface area (Å²) < 4.78 is 3.14. The minimum atomic E-state index is -0.837. The van der Waals surface area contributed by atoms with Crippen molar-refractivity contribution in [3.8, 4) is 5.69 Å². The molecule has 0 bridgehead atoms. The predicted molar refractivity (Wildman–Crippen MR) is 127 cm³/mol. The van der Waals surface area contributed by atoms with Crippen LogP contribution in [-0.4, -0.2) is 35.4 Å². The first kappa shape index (κ1) is 21.3. The maximum atomic E-state index is 13.8. The van der Waals surface area contributed by atoms with Gasteiger partial charge in [0.15, 0.2) is 11.3 Å². The van der Waals surface area contributed by atoms with Gasteiger partial charge < -0.3 is 5.73 Å². The minimum absolute atomic E-state index is 0.0558. The van der Waals surface area contributed by atoms with E-state index >= 15 is 0 Å². The molecule has 0 aliphatic heterocycles. The first-order valence-corrected chi connectivity index (χ1v) is 10.5. The fourth-order valence-electron chi connectivity index (χ4n) is 4.29. The first-order valence-electron chi connectivity index (χ1n) is 10.5. The Morgan fingerprint density at radius 2 is 1.82 bits per heavy atom. The van der Waals surface area contributed by atoms with Crippen LogP contribution in [0.5, 0.6) is 0 Å². The quantitative estimate of drug-likeness (QED) is 0.279. The molecule has 0 unspecified atom stereocenters. The van der Waals surface area contributed by atoms with Crippen molar-refractivity contribution in [3.63, 3.8) is 0 Å². The SMILES string of the molecule is Cc1ccccc1-n1c(Cn2nc(C(=O)NO)c3c(N)ncnc32)cc2cccc(C)c2c1=O. The fraction of sp³-hybridized carbons (Fsp3) is 0.125. The number of nitrogens with one attached hydrogen (secondary N) is 1. The second-order valence-electron chi connectivity index (χ2n) is 8.01. The Hall–Kier alpha value is -4.57. The lowest BCUT2D eigenvalue weighted by molar-refractivity contribution is 0.0701. The number of nitrogens with zero attached hydrogens (tertiary/aromatic N) is 5. The maximum absolute atomic E-state index is 13.8. The molecule has 34 heavy (non-hydrogen) atoms. The molecule has 5 rings (SSSR count). The summed E-state index contributed by atoms with van der Waals surface area (Å²) in [7, 11) is 0. The van der Waals surface area contributed by atoms with E-state index < -0.39 is 5.91 Å². The normalized spacial score (nSPS) is 11.3. The molecule has 0 radical (unpaired) electrons. The van der Waals surface area contributed by atoms with Crippen LogP contribution in [0, 0.1) is 13.8 Å². The van der Waals surface area contributed by atoms with Gasteiger partial charge in [0.2, 0.25) is 0 Å². The van der Waals surface area contributed by atoms with E-state index in [4.69, 9.17) is 10.9 Å². The second-order valence-corrected chi connectivity index (χ2v) is 8.01. The number of carbonyl (C=O) groups is 1. The van der Waals surface area contributed by atoms with Gasteiger partial charge in [-0.15, -0.1) is 0 Å². The molecule has 1 amide bonds. The number of nitrogen functional groups attached to an aromatic ring is 1. The molecule has 2 aromatic carbocycles. The third-order valence-corrected chi connectivity index (χ3v) is 5.87. The van der Waals surface area contributed by atoms with Crippen LogP contribution in [-0.2, 0) is 6.54 Å². The molecule has 0 aliphatic carbocycles. The van der Waals surface area contributed by atoms with Crippen molar-refractivity contribution in [3.05, 3.63) is 87.7 Å². The zero-order valence-corrected chi connectivity index (χ0v) is 18.5. The average molecular weight is 455 g/mol. The Balaban J connectivity index is 1.81. The summed E-state index contributed by atoms with van der Waals surface area (Å²) in [5.74, 6) is -0.782. The van der Waals surface area contributed by atoms with Gasteiger partial charge in [-0.2, -0.15) is 5.10 Å². The molecular weight excluding hydrogens is 434 g/mol. The highest BCUT2D eigenvalue weighted by atomic mass is 16.5. The minimum Gasteiger partial charge on any atom is -0.383 e. The number of amides is 1. The number of hydrogen-bond acceptors (Lipinski definition) is 7. The number of benzene rings is 2. The summed E-state index contributed by atoms with van der Waals surface area (Å²) in [6, 6.07) is 15.2. The summed E-state index contributed by atoms with van der Waals surface area (Å²) in [5, 5.41) is 15.2. The van der Waals surface area contributed by atoms with E-state index in [9.17, 15) is 9.59 Å². The Morgan fingerprint density at radius 1 is 1.06 bits per heavy atom.